The Morgan fingerprint density at radius 3 is 2.19 bits per heavy atom. The lowest BCUT2D eigenvalue weighted by atomic mass is 9.87. The summed E-state index contributed by atoms with van der Waals surface area (Å²) in [6, 6.07) is 8.49. The van der Waals surface area contributed by atoms with Gasteiger partial charge in [0.05, 0.1) is 5.25 Å². The molecule has 1 amide bonds. The Hall–Kier alpha value is -1.82. The van der Waals surface area contributed by atoms with Crippen molar-refractivity contribution < 1.29 is 4.79 Å². The lowest BCUT2D eigenvalue weighted by Gasteiger charge is -2.22. The van der Waals surface area contributed by atoms with E-state index >= 15 is 0 Å². The number of rotatable bonds is 5. The van der Waals surface area contributed by atoms with E-state index in [-0.39, 0.29) is 22.1 Å². The van der Waals surface area contributed by atoms with Crippen LogP contribution in [0, 0.1) is 0 Å². The van der Waals surface area contributed by atoms with E-state index in [0.29, 0.717) is 0 Å². The van der Waals surface area contributed by atoms with Crippen LogP contribution >= 0.6 is 11.8 Å². The highest BCUT2D eigenvalue weighted by atomic mass is 32.2. The summed E-state index contributed by atoms with van der Waals surface area (Å²) < 4.78 is 2.07. The van der Waals surface area contributed by atoms with Gasteiger partial charge in [0.25, 0.3) is 0 Å². The Kier molecular flexibility index (Phi) is 6.40. The molecule has 148 valence electrons. The summed E-state index contributed by atoms with van der Waals surface area (Å²) in [5, 5.41) is 12.3. The summed E-state index contributed by atoms with van der Waals surface area (Å²) >= 11 is 1.44. The second kappa shape index (κ2) is 8.05. The molecule has 1 unspecified atom stereocenters. The van der Waals surface area contributed by atoms with Crippen LogP contribution in [0.5, 0.6) is 0 Å². The van der Waals surface area contributed by atoms with Crippen LogP contribution in [0.3, 0.4) is 0 Å². The minimum absolute atomic E-state index is 0.00855. The van der Waals surface area contributed by atoms with Crippen molar-refractivity contribution >= 4 is 17.7 Å². The van der Waals surface area contributed by atoms with E-state index in [0.717, 1.165) is 23.1 Å². The van der Waals surface area contributed by atoms with Gasteiger partial charge in [-0.2, -0.15) is 0 Å². The number of thioether (sulfide) groups is 1. The molecule has 1 aromatic carbocycles. The maximum Gasteiger partial charge on any atom is 0.233 e. The lowest BCUT2D eigenvalue weighted by molar-refractivity contribution is -0.121. The van der Waals surface area contributed by atoms with E-state index in [1.54, 1.807) is 0 Å². The molecule has 0 fully saturated rings. The number of nitrogens with one attached hydrogen (secondary N) is 1. The molecule has 0 aliphatic carbocycles. The van der Waals surface area contributed by atoms with Gasteiger partial charge < -0.3 is 9.88 Å². The average Bonchev–Trinajstić information content (AvgIpc) is 2.95. The standard InChI is InChI=1S/C21H32N4OS/c1-9-25-17(15-10-12-16(13-11-15)20(3,4)5)23-24-19(25)27-14(2)18(26)22-21(6,7)8/h10-14H,9H2,1-8H3,(H,22,26). The molecule has 0 saturated carbocycles. The minimum Gasteiger partial charge on any atom is -0.351 e. The van der Waals surface area contributed by atoms with Crippen molar-refractivity contribution in [3.8, 4) is 11.4 Å². The number of nitrogens with zero attached hydrogens (tertiary/aromatic N) is 3. The lowest BCUT2D eigenvalue weighted by Crippen LogP contribution is -2.44. The first kappa shape index (κ1) is 21.5. The van der Waals surface area contributed by atoms with E-state index in [1.807, 2.05) is 27.7 Å². The largest absolute Gasteiger partial charge is 0.351 e. The monoisotopic (exact) mass is 388 g/mol. The van der Waals surface area contributed by atoms with E-state index in [1.165, 1.54) is 17.3 Å². The van der Waals surface area contributed by atoms with Gasteiger partial charge in [-0.05, 0) is 45.6 Å². The number of carbonyl (C=O) groups excluding carboxylic acids is 1. The maximum atomic E-state index is 12.4. The third-order valence-corrected chi connectivity index (χ3v) is 5.27. The highest BCUT2D eigenvalue weighted by molar-refractivity contribution is 8.00. The van der Waals surface area contributed by atoms with Gasteiger partial charge in [0.2, 0.25) is 5.91 Å². The molecule has 27 heavy (non-hydrogen) atoms. The molecular formula is C21H32N4OS. The molecule has 1 N–H and O–H groups in total. The van der Waals surface area contributed by atoms with Crippen molar-refractivity contribution in [2.75, 3.05) is 0 Å². The van der Waals surface area contributed by atoms with Gasteiger partial charge in [0.1, 0.15) is 0 Å². The summed E-state index contributed by atoms with van der Waals surface area (Å²) in [5.41, 5.74) is 2.20. The predicted octanol–water partition coefficient (Wildman–Crippen LogP) is 4.66. The summed E-state index contributed by atoms with van der Waals surface area (Å²) in [6.45, 7) is 17.3. The first-order valence-electron chi connectivity index (χ1n) is 9.45. The van der Waals surface area contributed by atoms with Crippen LogP contribution in [0.25, 0.3) is 11.4 Å². The summed E-state index contributed by atoms with van der Waals surface area (Å²) in [4.78, 5) is 12.4. The quantitative estimate of drug-likeness (QED) is 0.757. The minimum atomic E-state index is -0.246. The topological polar surface area (TPSA) is 59.8 Å². The van der Waals surface area contributed by atoms with Crippen molar-refractivity contribution in [3.05, 3.63) is 29.8 Å². The van der Waals surface area contributed by atoms with Crippen molar-refractivity contribution in [1.82, 2.24) is 20.1 Å². The molecule has 0 aliphatic rings. The molecule has 0 saturated heterocycles. The zero-order valence-corrected chi connectivity index (χ0v) is 18.6. The van der Waals surface area contributed by atoms with Gasteiger partial charge in [0.15, 0.2) is 11.0 Å². The number of hydrogen-bond donors (Lipinski definition) is 1. The molecule has 0 radical (unpaired) electrons. The van der Waals surface area contributed by atoms with E-state index < -0.39 is 0 Å². The molecule has 0 spiro atoms. The van der Waals surface area contributed by atoms with Crippen molar-refractivity contribution in [2.45, 2.75) is 83.3 Å². The molecular weight excluding hydrogens is 356 g/mol. The fraction of sp³-hybridized carbons (Fsp3) is 0.571. The fourth-order valence-corrected chi connectivity index (χ4v) is 3.59. The molecule has 6 heteroatoms. The highest BCUT2D eigenvalue weighted by Gasteiger charge is 2.23. The van der Waals surface area contributed by atoms with Gasteiger partial charge in [0, 0.05) is 17.6 Å². The molecule has 2 rings (SSSR count). The fourth-order valence-electron chi connectivity index (χ4n) is 2.68. The third-order valence-electron chi connectivity index (χ3n) is 4.19. The normalized spacial score (nSPS) is 13.5. The smallest absolute Gasteiger partial charge is 0.233 e. The van der Waals surface area contributed by atoms with Gasteiger partial charge in [-0.15, -0.1) is 10.2 Å². The average molecular weight is 389 g/mol. The van der Waals surface area contributed by atoms with Crippen molar-refractivity contribution in [2.24, 2.45) is 0 Å². The van der Waals surface area contributed by atoms with Gasteiger partial charge >= 0.3 is 0 Å². The molecule has 1 atom stereocenters. The molecule has 5 nitrogen and oxygen atoms in total. The summed E-state index contributed by atoms with van der Waals surface area (Å²) in [5.74, 6) is 0.845. The van der Waals surface area contributed by atoms with Crippen LogP contribution in [0.4, 0.5) is 0 Å². The zero-order chi connectivity index (χ0) is 20.4. The van der Waals surface area contributed by atoms with Crippen LogP contribution in [0.15, 0.2) is 29.4 Å². The van der Waals surface area contributed by atoms with E-state index in [2.05, 4.69) is 72.0 Å². The highest BCUT2D eigenvalue weighted by Crippen LogP contribution is 2.29. The van der Waals surface area contributed by atoms with Crippen LogP contribution < -0.4 is 5.32 Å². The number of carbonyl (C=O) groups is 1. The Labute approximate surface area is 167 Å². The van der Waals surface area contributed by atoms with Gasteiger partial charge in [-0.3, -0.25) is 4.79 Å². The SMILES string of the molecule is CCn1c(SC(C)C(=O)NC(C)(C)C)nnc1-c1ccc(C(C)(C)C)cc1. The predicted molar refractivity (Wildman–Crippen MR) is 113 cm³/mol. The van der Waals surface area contributed by atoms with Crippen LogP contribution in [0.2, 0.25) is 0 Å². The summed E-state index contributed by atoms with van der Waals surface area (Å²) in [6.07, 6.45) is 0. The number of hydrogen-bond acceptors (Lipinski definition) is 4. The Morgan fingerprint density at radius 1 is 1.11 bits per heavy atom. The molecule has 2 aromatic rings. The second-order valence-electron chi connectivity index (χ2n) is 8.88. The van der Waals surface area contributed by atoms with Gasteiger partial charge in [-0.25, -0.2) is 0 Å². The first-order chi connectivity index (χ1) is 12.4. The van der Waals surface area contributed by atoms with Crippen LogP contribution in [-0.2, 0) is 16.8 Å². The van der Waals surface area contributed by atoms with E-state index in [9.17, 15) is 4.79 Å². The first-order valence-corrected chi connectivity index (χ1v) is 10.3. The summed E-state index contributed by atoms with van der Waals surface area (Å²) in [7, 11) is 0. The molecule has 0 aliphatic heterocycles. The van der Waals surface area contributed by atoms with Crippen LogP contribution in [0.1, 0.15) is 61.0 Å². The third kappa shape index (κ3) is 5.58. The Balaban J connectivity index is 2.23. The van der Waals surface area contributed by atoms with Gasteiger partial charge in [-0.1, -0.05) is 56.8 Å². The number of benzene rings is 1. The van der Waals surface area contributed by atoms with E-state index in [4.69, 9.17) is 0 Å². The number of aromatic nitrogens is 3. The molecule has 1 aromatic heterocycles. The maximum absolute atomic E-state index is 12.4. The van der Waals surface area contributed by atoms with Crippen molar-refractivity contribution in [1.29, 1.82) is 0 Å². The molecule has 1 heterocycles. The Morgan fingerprint density at radius 2 is 1.70 bits per heavy atom. The number of amides is 1. The Bertz CT molecular complexity index is 782. The van der Waals surface area contributed by atoms with Crippen molar-refractivity contribution in [3.63, 3.8) is 0 Å². The van der Waals surface area contributed by atoms with Crippen LogP contribution in [-0.4, -0.2) is 31.5 Å². The molecule has 0 bridgehead atoms. The zero-order valence-electron chi connectivity index (χ0n) is 17.8. The second-order valence-corrected chi connectivity index (χ2v) is 10.2.